The van der Waals surface area contributed by atoms with Crippen LogP contribution in [-0.2, 0) is 16.0 Å². The summed E-state index contributed by atoms with van der Waals surface area (Å²) in [5, 5.41) is 3.20. The van der Waals surface area contributed by atoms with Crippen molar-refractivity contribution < 1.29 is 14.3 Å². The zero-order chi connectivity index (χ0) is 28.3. The first kappa shape index (κ1) is 28.9. The lowest BCUT2D eigenvalue weighted by Gasteiger charge is -2.34. The minimum Gasteiger partial charge on any atom is -0.469 e. The molecule has 0 saturated carbocycles. The topological polar surface area (TPSA) is 97.5 Å². The Morgan fingerprint density at radius 2 is 1.75 bits per heavy atom. The molecule has 1 aliphatic rings. The van der Waals surface area contributed by atoms with Crippen molar-refractivity contribution in [1.29, 1.82) is 0 Å². The SMILES string of the molecule is C=C(N)N1CCC(CC[C@@H](C(=O)OC)[C@@H](CCc2ccccc2)NC(=O)c2ccc(-c3cccnc3)cc2)CC1. The molecular formula is C33H40N4O3. The molecule has 3 aromatic rings. The largest absolute Gasteiger partial charge is 0.469 e. The van der Waals surface area contributed by atoms with Crippen LogP contribution < -0.4 is 11.1 Å². The third kappa shape index (κ3) is 7.94. The van der Waals surface area contributed by atoms with Crippen LogP contribution in [0.2, 0.25) is 0 Å². The zero-order valence-electron chi connectivity index (χ0n) is 23.3. The molecule has 2 aromatic carbocycles. The van der Waals surface area contributed by atoms with Crippen LogP contribution in [0.4, 0.5) is 0 Å². The summed E-state index contributed by atoms with van der Waals surface area (Å²) in [5.74, 6) is 0.198. The lowest BCUT2D eigenvalue weighted by atomic mass is 9.84. The molecule has 0 unspecified atom stereocenters. The first-order valence-corrected chi connectivity index (χ1v) is 14.1. The molecule has 1 saturated heterocycles. The summed E-state index contributed by atoms with van der Waals surface area (Å²) in [7, 11) is 1.42. The minimum absolute atomic E-state index is 0.195. The molecule has 2 heterocycles. The fraction of sp³-hybridized carbons (Fsp3) is 0.364. The first-order valence-electron chi connectivity index (χ1n) is 14.1. The number of nitrogens with two attached hydrogens (primary N) is 1. The Labute approximate surface area is 237 Å². The van der Waals surface area contributed by atoms with Crippen molar-refractivity contribution in [3.05, 3.63) is 103 Å². The van der Waals surface area contributed by atoms with Crippen molar-refractivity contribution >= 4 is 11.9 Å². The number of hydrogen-bond acceptors (Lipinski definition) is 6. The number of hydrogen-bond donors (Lipinski definition) is 2. The molecule has 7 heteroatoms. The van der Waals surface area contributed by atoms with Crippen LogP contribution >= 0.6 is 0 Å². The van der Waals surface area contributed by atoms with E-state index in [-0.39, 0.29) is 17.9 Å². The quantitative estimate of drug-likeness (QED) is 0.307. The number of methoxy groups -OCH3 is 1. The van der Waals surface area contributed by atoms with Gasteiger partial charge < -0.3 is 20.7 Å². The first-order chi connectivity index (χ1) is 19.4. The number of carbonyl (C=O) groups excluding carboxylic acids is 2. The van der Waals surface area contributed by atoms with E-state index in [2.05, 4.69) is 33.9 Å². The maximum Gasteiger partial charge on any atom is 0.310 e. The predicted octanol–water partition coefficient (Wildman–Crippen LogP) is 5.19. The number of aromatic nitrogens is 1. The van der Waals surface area contributed by atoms with Gasteiger partial charge in [0.25, 0.3) is 5.91 Å². The molecule has 3 N–H and O–H groups in total. The van der Waals surface area contributed by atoms with E-state index in [4.69, 9.17) is 10.5 Å². The molecule has 2 atom stereocenters. The van der Waals surface area contributed by atoms with Gasteiger partial charge in [0.15, 0.2) is 0 Å². The third-order valence-electron chi connectivity index (χ3n) is 7.94. The van der Waals surface area contributed by atoms with Crippen molar-refractivity contribution in [2.75, 3.05) is 20.2 Å². The normalized spacial score (nSPS) is 15.2. The molecule has 1 aliphatic heterocycles. The van der Waals surface area contributed by atoms with E-state index in [1.807, 2.05) is 54.6 Å². The van der Waals surface area contributed by atoms with E-state index in [0.717, 1.165) is 49.9 Å². The number of pyridine rings is 1. The van der Waals surface area contributed by atoms with Crippen LogP contribution in [0.5, 0.6) is 0 Å². The van der Waals surface area contributed by atoms with E-state index < -0.39 is 5.92 Å². The third-order valence-corrected chi connectivity index (χ3v) is 7.94. The van der Waals surface area contributed by atoms with Crippen LogP contribution in [0.25, 0.3) is 11.1 Å². The molecule has 0 bridgehead atoms. The summed E-state index contributed by atoms with van der Waals surface area (Å²) in [5.41, 5.74) is 9.57. The average Bonchev–Trinajstić information content (AvgIpc) is 3.00. The Balaban J connectivity index is 1.47. The summed E-state index contributed by atoms with van der Waals surface area (Å²) < 4.78 is 5.25. The van der Waals surface area contributed by atoms with Gasteiger partial charge in [-0.1, -0.05) is 55.1 Å². The monoisotopic (exact) mass is 540 g/mol. The number of aryl methyl sites for hydroxylation is 1. The molecule has 4 rings (SSSR count). The molecule has 7 nitrogen and oxygen atoms in total. The van der Waals surface area contributed by atoms with Gasteiger partial charge in [-0.05, 0) is 79.3 Å². The molecule has 210 valence electrons. The highest BCUT2D eigenvalue weighted by Crippen LogP contribution is 2.28. The van der Waals surface area contributed by atoms with Gasteiger partial charge in [0.1, 0.15) is 0 Å². The van der Waals surface area contributed by atoms with Crippen LogP contribution in [-0.4, -0.2) is 48.0 Å². The summed E-state index contributed by atoms with van der Waals surface area (Å²) in [4.78, 5) is 32.8. The van der Waals surface area contributed by atoms with E-state index >= 15 is 0 Å². The molecule has 1 fully saturated rings. The van der Waals surface area contributed by atoms with Crippen LogP contribution in [0, 0.1) is 11.8 Å². The number of benzene rings is 2. The Kier molecular flexibility index (Phi) is 10.3. The number of esters is 1. The molecule has 40 heavy (non-hydrogen) atoms. The van der Waals surface area contributed by atoms with Crippen LogP contribution in [0.3, 0.4) is 0 Å². The van der Waals surface area contributed by atoms with Gasteiger partial charge >= 0.3 is 5.97 Å². The Hall–Kier alpha value is -4.13. The Morgan fingerprint density at radius 3 is 2.38 bits per heavy atom. The molecule has 0 aliphatic carbocycles. The summed E-state index contributed by atoms with van der Waals surface area (Å²) in [6, 6.07) is 21.1. The molecular weight excluding hydrogens is 500 g/mol. The fourth-order valence-electron chi connectivity index (χ4n) is 5.50. The van der Waals surface area contributed by atoms with Gasteiger partial charge in [0.2, 0.25) is 0 Å². The van der Waals surface area contributed by atoms with E-state index in [0.29, 0.717) is 30.1 Å². The Morgan fingerprint density at radius 1 is 1.02 bits per heavy atom. The van der Waals surface area contributed by atoms with Gasteiger partial charge in [-0.3, -0.25) is 14.6 Å². The standard InChI is InChI=1S/C33H40N4O3/c1-24(34)37-21-18-26(19-22-37)10-16-30(33(39)40-2)31(17-11-25-7-4-3-5-8-25)36-32(38)28-14-12-27(13-15-28)29-9-6-20-35-23-29/h3-9,12-15,20,23,26,30-31H,1,10-11,16-19,21-22,34H2,2H3,(H,36,38)/t30-,31-/m1/s1. The molecule has 1 aromatic heterocycles. The highest BCUT2D eigenvalue weighted by Gasteiger charge is 2.32. The van der Waals surface area contributed by atoms with Gasteiger partial charge in [0.05, 0.1) is 18.8 Å². The maximum atomic E-state index is 13.4. The average molecular weight is 541 g/mol. The van der Waals surface area contributed by atoms with Crippen molar-refractivity contribution in [2.45, 2.75) is 44.6 Å². The second kappa shape index (κ2) is 14.3. The Bertz CT molecular complexity index is 1240. The second-order valence-electron chi connectivity index (χ2n) is 10.6. The summed E-state index contributed by atoms with van der Waals surface area (Å²) in [6.07, 6.45) is 8.47. The van der Waals surface area contributed by atoms with Crippen LogP contribution in [0.15, 0.2) is 91.5 Å². The molecule has 1 amide bonds. The van der Waals surface area contributed by atoms with Crippen LogP contribution in [0.1, 0.15) is 48.0 Å². The summed E-state index contributed by atoms with van der Waals surface area (Å²) >= 11 is 0. The summed E-state index contributed by atoms with van der Waals surface area (Å²) in [6.45, 7) is 5.62. The molecule has 0 spiro atoms. The van der Waals surface area contributed by atoms with E-state index in [9.17, 15) is 9.59 Å². The lowest BCUT2D eigenvalue weighted by molar-refractivity contribution is -0.146. The van der Waals surface area contributed by atoms with Crippen molar-refractivity contribution in [2.24, 2.45) is 17.6 Å². The van der Waals surface area contributed by atoms with Crippen molar-refractivity contribution in [3.8, 4) is 11.1 Å². The van der Waals surface area contributed by atoms with Gasteiger partial charge in [-0.15, -0.1) is 0 Å². The highest BCUT2D eigenvalue weighted by atomic mass is 16.5. The van der Waals surface area contributed by atoms with Gasteiger partial charge in [-0.2, -0.15) is 0 Å². The maximum absolute atomic E-state index is 13.4. The number of carbonyl (C=O) groups is 2. The number of nitrogens with zero attached hydrogens (tertiary/aromatic N) is 2. The number of piperidine rings is 1. The van der Waals surface area contributed by atoms with Gasteiger partial charge in [-0.25, -0.2) is 0 Å². The second-order valence-corrected chi connectivity index (χ2v) is 10.6. The number of nitrogens with one attached hydrogen (secondary N) is 1. The van der Waals surface area contributed by atoms with E-state index in [1.54, 1.807) is 12.4 Å². The minimum atomic E-state index is -0.435. The number of ether oxygens (including phenoxy) is 1. The smallest absolute Gasteiger partial charge is 0.310 e. The van der Waals surface area contributed by atoms with Crippen molar-refractivity contribution in [1.82, 2.24) is 15.2 Å². The van der Waals surface area contributed by atoms with Crippen molar-refractivity contribution in [3.63, 3.8) is 0 Å². The molecule has 0 radical (unpaired) electrons. The predicted molar refractivity (Wildman–Crippen MR) is 158 cm³/mol. The lowest BCUT2D eigenvalue weighted by Crippen LogP contribution is -2.44. The number of amides is 1. The number of rotatable bonds is 12. The fourth-order valence-corrected chi connectivity index (χ4v) is 5.50. The number of likely N-dealkylation sites (tertiary alicyclic amines) is 1. The van der Waals surface area contributed by atoms with Gasteiger partial charge in [0, 0.05) is 37.1 Å². The zero-order valence-corrected chi connectivity index (χ0v) is 23.3. The highest BCUT2D eigenvalue weighted by molar-refractivity contribution is 5.95. The van der Waals surface area contributed by atoms with E-state index in [1.165, 1.54) is 12.7 Å².